The standard InChI is InChI=1S/C14H22N2O2/c1-4-16(5-2)13-8-6-12(7-9-13)14(18)15-11(3)10-17/h6-9,11,17H,4-5,10H2,1-3H3,(H,15,18)/t11-/m0/s1. The molecule has 0 spiro atoms. The second-order valence-corrected chi connectivity index (χ2v) is 4.28. The monoisotopic (exact) mass is 250 g/mol. The van der Waals surface area contributed by atoms with Crippen LogP contribution in [0.3, 0.4) is 0 Å². The first-order valence-corrected chi connectivity index (χ1v) is 6.39. The number of carbonyl (C=O) groups is 1. The van der Waals surface area contributed by atoms with Crippen molar-refractivity contribution >= 4 is 11.6 Å². The lowest BCUT2D eigenvalue weighted by atomic mass is 10.1. The van der Waals surface area contributed by atoms with Crippen LogP contribution in [0.2, 0.25) is 0 Å². The molecule has 0 saturated carbocycles. The van der Waals surface area contributed by atoms with Gasteiger partial charge in [0.25, 0.3) is 5.91 Å². The van der Waals surface area contributed by atoms with Gasteiger partial charge in [-0.1, -0.05) is 0 Å². The Balaban J connectivity index is 2.73. The average molecular weight is 250 g/mol. The number of hydrogen-bond acceptors (Lipinski definition) is 3. The van der Waals surface area contributed by atoms with Crippen LogP contribution in [0, 0.1) is 0 Å². The Morgan fingerprint density at radius 1 is 1.28 bits per heavy atom. The van der Waals surface area contributed by atoms with Gasteiger partial charge in [0.05, 0.1) is 6.61 Å². The predicted molar refractivity (Wildman–Crippen MR) is 74.0 cm³/mol. The summed E-state index contributed by atoms with van der Waals surface area (Å²) < 4.78 is 0. The van der Waals surface area contributed by atoms with Crippen LogP contribution in [0.25, 0.3) is 0 Å². The van der Waals surface area contributed by atoms with E-state index in [4.69, 9.17) is 5.11 Å². The van der Waals surface area contributed by atoms with E-state index in [-0.39, 0.29) is 18.6 Å². The summed E-state index contributed by atoms with van der Waals surface area (Å²) in [5.41, 5.74) is 1.73. The van der Waals surface area contributed by atoms with Crippen LogP contribution in [-0.4, -0.2) is 36.8 Å². The zero-order chi connectivity index (χ0) is 13.5. The molecule has 1 aromatic carbocycles. The highest BCUT2D eigenvalue weighted by Gasteiger charge is 2.09. The summed E-state index contributed by atoms with van der Waals surface area (Å²) in [6, 6.07) is 7.30. The van der Waals surface area contributed by atoms with Crippen LogP contribution in [-0.2, 0) is 0 Å². The minimum Gasteiger partial charge on any atom is -0.394 e. The van der Waals surface area contributed by atoms with E-state index in [1.165, 1.54) is 0 Å². The number of rotatable bonds is 6. The third-order valence-electron chi connectivity index (χ3n) is 2.91. The number of anilines is 1. The number of amides is 1. The number of benzene rings is 1. The molecule has 4 nitrogen and oxygen atoms in total. The van der Waals surface area contributed by atoms with Crippen LogP contribution in [0.5, 0.6) is 0 Å². The molecule has 0 aliphatic heterocycles. The molecular weight excluding hydrogens is 228 g/mol. The molecule has 100 valence electrons. The molecule has 1 rings (SSSR count). The van der Waals surface area contributed by atoms with Crippen molar-refractivity contribution in [2.45, 2.75) is 26.8 Å². The molecule has 0 aliphatic rings. The fourth-order valence-electron chi connectivity index (χ4n) is 1.77. The van der Waals surface area contributed by atoms with E-state index in [2.05, 4.69) is 24.1 Å². The van der Waals surface area contributed by atoms with Crippen LogP contribution < -0.4 is 10.2 Å². The zero-order valence-electron chi connectivity index (χ0n) is 11.3. The minimum atomic E-state index is -0.222. The van der Waals surface area contributed by atoms with Gasteiger partial charge in [-0.3, -0.25) is 4.79 Å². The van der Waals surface area contributed by atoms with Crippen molar-refractivity contribution in [2.24, 2.45) is 0 Å². The lowest BCUT2D eigenvalue weighted by Gasteiger charge is -2.21. The van der Waals surface area contributed by atoms with Crippen molar-refractivity contribution in [2.75, 3.05) is 24.6 Å². The molecule has 0 bridgehead atoms. The summed E-state index contributed by atoms with van der Waals surface area (Å²) in [6.07, 6.45) is 0. The zero-order valence-corrected chi connectivity index (χ0v) is 11.3. The van der Waals surface area contributed by atoms with Gasteiger partial charge in [0, 0.05) is 30.4 Å². The van der Waals surface area contributed by atoms with Gasteiger partial charge < -0.3 is 15.3 Å². The van der Waals surface area contributed by atoms with E-state index >= 15 is 0 Å². The van der Waals surface area contributed by atoms with Gasteiger partial charge in [-0.25, -0.2) is 0 Å². The fraction of sp³-hybridized carbons (Fsp3) is 0.500. The molecule has 1 atom stereocenters. The largest absolute Gasteiger partial charge is 0.394 e. The molecule has 18 heavy (non-hydrogen) atoms. The van der Waals surface area contributed by atoms with Gasteiger partial charge in [0.1, 0.15) is 0 Å². The summed E-state index contributed by atoms with van der Waals surface area (Å²) in [6.45, 7) is 7.82. The Bertz CT molecular complexity index is 372. The van der Waals surface area contributed by atoms with Gasteiger partial charge in [-0.15, -0.1) is 0 Å². The quantitative estimate of drug-likeness (QED) is 0.807. The van der Waals surface area contributed by atoms with Crippen molar-refractivity contribution < 1.29 is 9.90 Å². The molecule has 0 unspecified atom stereocenters. The van der Waals surface area contributed by atoms with Gasteiger partial charge in [-0.05, 0) is 45.0 Å². The normalized spacial score (nSPS) is 12.0. The molecule has 4 heteroatoms. The highest BCUT2D eigenvalue weighted by atomic mass is 16.3. The minimum absolute atomic E-state index is 0.0523. The van der Waals surface area contributed by atoms with Crippen molar-refractivity contribution in [3.05, 3.63) is 29.8 Å². The van der Waals surface area contributed by atoms with Gasteiger partial charge >= 0.3 is 0 Å². The van der Waals surface area contributed by atoms with Gasteiger partial charge in [0.15, 0.2) is 0 Å². The van der Waals surface area contributed by atoms with Gasteiger partial charge in [0.2, 0.25) is 0 Å². The maximum Gasteiger partial charge on any atom is 0.251 e. The summed E-state index contributed by atoms with van der Waals surface area (Å²) >= 11 is 0. The molecule has 0 heterocycles. The topological polar surface area (TPSA) is 52.6 Å². The molecule has 1 aromatic rings. The fourth-order valence-corrected chi connectivity index (χ4v) is 1.77. The first-order chi connectivity index (χ1) is 8.62. The number of nitrogens with zero attached hydrogens (tertiary/aromatic N) is 1. The highest BCUT2D eigenvalue weighted by Crippen LogP contribution is 2.14. The summed E-state index contributed by atoms with van der Waals surface area (Å²) in [4.78, 5) is 14.0. The SMILES string of the molecule is CCN(CC)c1ccc(C(=O)N[C@@H](C)CO)cc1. The Labute approximate surface area is 109 Å². The van der Waals surface area contributed by atoms with E-state index in [0.717, 1.165) is 18.8 Å². The van der Waals surface area contributed by atoms with Crippen LogP contribution >= 0.6 is 0 Å². The first-order valence-electron chi connectivity index (χ1n) is 6.39. The van der Waals surface area contributed by atoms with E-state index in [9.17, 15) is 4.79 Å². The summed E-state index contributed by atoms with van der Waals surface area (Å²) in [5.74, 6) is -0.150. The Hall–Kier alpha value is -1.55. The maximum absolute atomic E-state index is 11.8. The molecule has 0 radical (unpaired) electrons. The molecule has 2 N–H and O–H groups in total. The Morgan fingerprint density at radius 2 is 1.83 bits per heavy atom. The predicted octanol–water partition coefficient (Wildman–Crippen LogP) is 1.64. The number of aliphatic hydroxyl groups excluding tert-OH is 1. The van der Waals surface area contributed by atoms with Crippen LogP contribution in [0.4, 0.5) is 5.69 Å². The average Bonchev–Trinajstić information content (AvgIpc) is 2.40. The molecule has 0 fully saturated rings. The number of carbonyl (C=O) groups excluding carboxylic acids is 1. The third-order valence-corrected chi connectivity index (χ3v) is 2.91. The number of aliphatic hydroxyl groups is 1. The van der Waals surface area contributed by atoms with E-state index in [1.54, 1.807) is 6.92 Å². The van der Waals surface area contributed by atoms with Crippen LogP contribution in [0.1, 0.15) is 31.1 Å². The van der Waals surface area contributed by atoms with Gasteiger partial charge in [-0.2, -0.15) is 0 Å². The third kappa shape index (κ3) is 3.74. The number of nitrogens with one attached hydrogen (secondary N) is 1. The second-order valence-electron chi connectivity index (χ2n) is 4.28. The summed E-state index contributed by atoms with van der Waals surface area (Å²) in [7, 11) is 0. The van der Waals surface area contributed by atoms with Crippen molar-refractivity contribution in [3.63, 3.8) is 0 Å². The Morgan fingerprint density at radius 3 is 2.28 bits per heavy atom. The molecular formula is C14H22N2O2. The van der Waals surface area contributed by atoms with E-state index < -0.39 is 0 Å². The summed E-state index contributed by atoms with van der Waals surface area (Å²) in [5, 5.41) is 11.6. The second kappa shape index (κ2) is 7.01. The first kappa shape index (κ1) is 14.5. The number of hydrogen-bond donors (Lipinski definition) is 2. The smallest absolute Gasteiger partial charge is 0.251 e. The molecule has 1 amide bonds. The van der Waals surface area contributed by atoms with Crippen molar-refractivity contribution in [1.29, 1.82) is 0 Å². The van der Waals surface area contributed by atoms with E-state index in [1.807, 2.05) is 24.3 Å². The highest BCUT2D eigenvalue weighted by molar-refractivity contribution is 5.94. The Kier molecular flexibility index (Phi) is 5.65. The lowest BCUT2D eigenvalue weighted by Crippen LogP contribution is -2.35. The van der Waals surface area contributed by atoms with Crippen molar-refractivity contribution in [3.8, 4) is 0 Å². The van der Waals surface area contributed by atoms with Crippen molar-refractivity contribution in [1.82, 2.24) is 5.32 Å². The maximum atomic E-state index is 11.8. The molecule has 0 aliphatic carbocycles. The van der Waals surface area contributed by atoms with E-state index in [0.29, 0.717) is 5.56 Å². The lowest BCUT2D eigenvalue weighted by molar-refractivity contribution is 0.0922. The molecule has 0 aromatic heterocycles. The molecule has 0 saturated heterocycles. The van der Waals surface area contributed by atoms with Crippen LogP contribution in [0.15, 0.2) is 24.3 Å².